The molecule has 1 rings (SSSR count). The van der Waals surface area contributed by atoms with Crippen molar-refractivity contribution >= 4 is 11.8 Å². The summed E-state index contributed by atoms with van der Waals surface area (Å²) in [6.45, 7) is 2.67. The predicted molar refractivity (Wildman–Crippen MR) is 56.5 cm³/mol. The average Bonchev–Trinajstić information content (AvgIpc) is 2.29. The molecule has 0 bridgehead atoms. The van der Waals surface area contributed by atoms with Gasteiger partial charge in [-0.1, -0.05) is 30.3 Å². The summed E-state index contributed by atoms with van der Waals surface area (Å²) in [5.74, 6) is -2.32. The lowest BCUT2D eigenvalue weighted by atomic mass is 9.93. The fraction of sp³-hybridized carbons (Fsp3) is 0.333. The molecule has 1 aromatic rings. The summed E-state index contributed by atoms with van der Waals surface area (Å²) in [5, 5.41) is 0. The molecule has 86 valence electrons. The minimum absolute atomic E-state index is 0.0510. The standard InChI is InChI=1S/C12H13FO3/c1-3-16-11(15)10(14)12(2,13)9-7-5-4-6-8-9/h4-8H,3H2,1-2H3. The molecule has 16 heavy (non-hydrogen) atoms. The summed E-state index contributed by atoms with van der Waals surface area (Å²) in [4.78, 5) is 22.7. The predicted octanol–water partition coefficient (Wildman–Crippen LogP) is 2.00. The van der Waals surface area contributed by atoms with E-state index in [4.69, 9.17) is 0 Å². The first-order valence-electron chi connectivity index (χ1n) is 4.96. The molecule has 1 atom stereocenters. The van der Waals surface area contributed by atoms with Gasteiger partial charge in [-0.15, -0.1) is 0 Å². The van der Waals surface area contributed by atoms with Crippen LogP contribution in [0.2, 0.25) is 0 Å². The molecule has 1 unspecified atom stereocenters. The third-order valence-electron chi connectivity index (χ3n) is 2.20. The highest BCUT2D eigenvalue weighted by atomic mass is 19.1. The first-order chi connectivity index (χ1) is 7.50. The van der Waals surface area contributed by atoms with Crippen LogP contribution in [0.3, 0.4) is 0 Å². The van der Waals surface area contributed by atoms with Gasteiger partial charge in [0.25, 0.3) is 5.78 Å². The smallest absolute Gasteiger partial charge is 0.378 e. The average molecular weight is 224 g/mol. The van der Waals surface area contributed by atoms with Crippen molar-refractivity contribution in [2.75, 3.05) is 6.61 Å². The second kappa shape index (κ2) is 4.88. The number of hydrogen-bond acceptors (Lipinski definition) is 3. The molecule has 0 saturated carbocycles. The number of carbonyl (C=O) groups is 2. The number of ketones is 1. The molecule has 3 nitrogen and oxygen atoms in total. The van der Waals surface area contributed by atoms with Crippen LogP contribution in [0.5, 0.6) is 0 Å². The molecule has 0 aliphatic carbocycles. The maximum absolute atomic E-state index is 14.1. The molecule has 0 saturated heterocycles. The minimum Gasteiger partial charge on any atom is -0.460 e. The molecule has 0 aliphatic rings. The van der Waals surface area contributed by atoms with Crippen LogP contribution in [-0.4, -0.2) is 18.4 Å². The van der Waals surface area contributed by atoms with Gasteiger partial charge in [-0.25, -0.2) is 9.18 Å². The quantitative estimate of drug-likeness (QED) is 0.580. The number of rotatable bonds is 4. The SMILES string of the molecule is CCOC(=O)C(=O)C(C)(F)c1ccccc1. The van der Waals surface area contributed by atoms with E-state index in [2.05, 4.69) is 4.74 Å². The summed E-state index contributed by atoms with van der Waals surface area (Å²) in [5.41, 5.74) is -2.19. The van der Waals surface area contributed by atoms with E-state index in [1.807, 2.05) is 0 Å². The molecule has 0 aromatic heterocycles. The van der Waals surface area contributed by atoms with Crippen LogP contribution in [0.15, 0.2) is 30.3 Å². The van der Waals surface area contributed by atoms with Crippen LogP contribution in [-0.2, 0) is 20.0 Å². The van der Waals surface area contributed by atoms with Crippen LogP contribution in [0.25, 0.3) is 0 Å². The lowest BCUT2D eigenvalue weighted by Gasteiger charge is -2.17. The molecular weight excluding hydrogens is 211 g/mol. The van der Waals surface area contributed by atoms with Gasteiger partial charge in [0.15, 0.2) is 0 Å². The van der Waals surface area contributed by atoms with Crippen molar-refractivity contribution in [1.82, 2.24) is 0 Å². The topological polar surface area (TPSA) is 43.4 Å². The summed E-state index contributed by atoms with van der Waals surface area (Å²) < 4.78 is 18.6. The van der Waals surface area contributed by atoms with E-state index in [-0.39, 0.29) is 12.2 Å². The van der Waals surface area contributed by atoms with Gasteiger partial charge in [-0.2, -0.15) is 0 Å². The Kier molecular flexibility index (Phi) is 3.77. The zero-order valence-electron chi connectivity index (χ0n) is 9.20. The van der Waals surface area contributed by atoms with E-state index in [0.717, 1.165) is 6.92 Å². The van der Waals surface area contributed by atoms with Crippen molar-refractivity contribution in [1.29, 1.82) is 0 Å². The number of Topliss-reactive ketones (excluding diaryl/α,β-unsaturated/α-hetero) is 1. The van der Waals surface area contributed by atoms with Crippen molar-refractivity contribution in [3.05, 3.63) is 35.9 Å². The number of hydrogen-bond donors (Lipinski definition) is 0. The van der Waals surface area contributed by atoms with Crippen LogP contribution >= 0.6 is 0 Å². The lowest BCUT2D eigenvalue weighted by molar-refractivity contribution is -0.158. The Bertz CT molecular complexity index is 385. The zero-order chi connectivity index (χ0) is 12.2. The highest BCUT2D eigenvalue weighted by Gasteiger charge is 2.40. The van der Waals surface area contributed by atoms with E-state index in [9.17, 15) is 14.0 Å². The van der Waals surface area contributed by atoms with Crippen molar-refractivity contribution in [3.8, 4) is 0 Å². The van der Waals surface area contributed by atoms with Crippen molar-refractivity contribution in [3.63, 3.8) is 0 Å². The fourth-order valence-corrected chi connectivity index (χ4v) is 1.27. The Labute approximate surface area is 93.2 Å². The first kappa shape index (κ1) is 12.4. The van der Waals surface area contributed by atoms with Gasteiger partial charge in [0.2, 0.25) is 5.67 Å². The molecule has 0 spiro atoms. The van der Waals surface area contributed by atoms with Crippen LogP contribution in [0.4, 0.5) is 4.39 Å². The Hall–Kier alpha value is -1.71. The first-order valence-corrected chi connectivity index (χ1v) is 4.96. The number of alkyl halides is 1. The minimum atomic E-state index is -2.34. The maximum Gasteiger partial charge on any atom is 0.378 e. The van der Waals surface area contributed by atoms with E-state index in [0.29, 0.717) is 0 Å². The number of halogens is 1. The molecular formula is C12H13FO3. The summed E-state index contributed by atoms with van der Waals surface area (Å²) in [6, 6.07) is 7.82. The van der Waals surface area contributed by atoms with E-state index in [1.165, 1.54) is 12.1 Å². The highest BCUT2D eigenvalue weighted by Crippen LogP contribution is 2.26. The monoisotopic (exact) mass is 224 g/mol. The van der Waals surface area contributed by atoms with Crippen molar-refractivity contribution < 1.29 is 18.7 Å². The second-order valence-electron chi connectivity index (χ2n) is 3.42. The maximum atomic E-state index is 14.1. The largest absolute Gasteiger partial charge is 0.460 e. The van der Waals surface area contributed by atoms with Gasteiger partial charge >= 0.3 is 5.97 Å². The molecule has 0 N–H and O–H groups in total. The van der Waals surface area contributed by atoms with Gasteiger partial charge in [0.05, 0.1) is 6.61 Å². The molecule has 4 heteroatoms. The Morgan fingerprint density at radius 3 is 2.38 bits per heavy atom. The van der Waals surface area contributed by atoms with Crippen molar-refractivity contribution in [2.24, 2.45) is 0 Å². The van der Waals surface area contributed by atoms with Gasteiger partial charge in [-0.3, -0.25) is 4.79 Å². The Morgan fingerprint density at radius 1 is 1.31 bits per heavy atom. The van der Waals surface area contributed by atoms with Crippen LogP contribution < -0.4 is 0 Å². The highest BCUT2D eigenvalue weighted by molar-refractivity contribution is 6.36. The number of ether oxygens (including phenoxy) is 1. The third-order valence-corrected chi connectivity index (χ3v) is 2.20. The summed E-state index contributed by atoms with van der Waals surface area (Å²) in [7, 11) is 0. The summed E-state index contributed by atoms with van der Waals surface area (Å²) >= 11 is 0. The van der Waals surface area contributed by atoms with E-state index < -0.39 is 17.4 Å². The lowest BCUT2D eigenvalue weighted by Crippen LogP contribution is -2.35. The van der Waals surface area contributed by atoms with Gasteiger partial charge in [0.1, 0.15) is 0 Å². The summed E-state index contributed by atoms with van der Waals surface area (Å²) in [6.07, 6.45) is 0. The Morgan fingerprint density at radius 2 is 1.88 bits per heavy atom. The molecule has 1 aromatic carbocycles. The van der Waals surface area contributed by atoms with Gasteiger partial charge in [-0.05, 0) is 19.4 Å². The second-order valence-corrected chi connectivity index (χ2v) is 3.42. The molecule has 0 amide bonds. The number of esters is 1. The van der Waals surface area contributed by atoms with E-state index in [1.54, 1.807) is 25.1 Å². The fourth-order valence-electron chi connectivity index (χ4n) is 1.27. The normalized spacial score (nSPS) is 13.9. The van der Waals surface area contributed by atoms with E-state index >= 15 is 0 Å². The third kappa shape index (κ3) is 2.45. The molecule has 0 radical (unpaired) electrons. The molecule has 0 fully saturated rings. The van der Waals surface area contributed by atoms with Gasteiger partial charge in [0, 0.05) is 0 Å². The molecule has 0 heterocycles. The Balaban J connectivity index is 2.94. The number of benzene rings is 1. The molecule has 0 aliphatic heterocycles. The van der Waals surface area contributed by atoms with Crippen LogP contribution in [0, 0.1) is 0 Å². The van der Waals surface area contributed by atoms with Crippen LogP contribution in [0.1, 0.15) is 19.4 Å². The van der Waals surface area contributed by atoms with Gasteiger partial charge < -0.3 is 4.74 Å². The number of carbonyl (C=O) groups excluding carboxylic acids is 2. The van der Waals surface area contributed by atoms with Crippen molar-refractivity contribution in [2.45, 2.75) is 19.5 Å². The zero-order valence-corrected chi connectivity index (χ0v) is 9.20.